The number of nitrogens with zero attached hydrogens (tertiary/aromatic N) is 2. The zero-order valence-electron chi connectivity index (χ0n) is 18.1. The Bertz CT molecular complexity index is 982. The maximum Gasteiger partial charge on any atom is 0.222 e. The molecule has 7 nitrogen and oxygen atoms in total. The zero-order valence-corrected chi connectivity index (χ0v) is 18.1. The molecule has 3 heterocycles. The van der Waals surface area contributed by atoms with E-state index in [4.69, 9.17) is 15.1 Å². The van der Waals surface area contributed by atoms with E-state index in [1.54, 1.807) is 13.0 Å². The van der Waals surface area contributed by atoms with Crippen molar-refractivity contribution in [1.29, 1.82) is 5.41 Å². The highest BCUT2D eigenvalue weighted by atomic mass is 19.1. The van der Waals surface area contributed by atoms with Gasteiger partial charge in [0, 0.05) is 56.3 Å². The van der Waals surface area contributed by atoms with Gasteiger partial charge in [0.2, 0.25) is 5.91 Å². The number of carbonyl (C=O) groups excluding carboxylic acids is 1. The van der Waals surface area contributed by atoms with Gasteiger partial charge in [-0.3, -0.25) is 10.2 Å². The number of hydrogen-bond donors (Lipinski definition) is 3. The van der Waals surface area contributed by atoms with Gasteiger partial charge in [-0.1, -0.05) is 0 Å². The van der Waals surface area contributed by atoms with Gasteiger partial charge in [0.1, 0.15) is 17.5 Å². The van der Waals surface area contributed by atoms with E-state index < -0.39 is 0 Å². The lowest BCUT2D eigenvalue weighted by atomic mass is 10.00. The number of aromatic nitrogens is 1. The predicted octanol–water partition coefficient (Wildman–Crippen LogP) is 2.88. The fourth-order valence-electron chi connectivity index (χ4n) is 4.47. The van der Waals surface area contributed by atoms with Gasteiger partial charge in [-0.15, -0.1) is 0 Å². The smallest absolute Gasteiger partial charge is 0.222 e. The van der Waals surface area contributed by atoms with E-state index in [1.165, 1.54) is 13.0 Å². The standard InChI is InChI=1S/C23H30FN5O2/c1-14-20(24)4-3-16-13-19(22(25)26-15(2)30)23(28-21(14)16)29-9-5-17(6-10-29)27-18-7-11-31-12-8-18/h3-4,13,17-18,27H,5-12H2,1-2H3,(H2,25,26,30). The molecule has 2 aliphatic rings. The fraction of sp³-hybridized carbons (Fsp3) is 0.522. The molecule has 4 rings (SSSR count). The molecular formula is C23H30FN5O2. The van der Waals surface area contributed by atoms with Crippen LogP contribution in [0.15, 0.2) is 18.2 Å². The van der Waals surface area contributed by atoms with Gasteiger partial charge in [0.05, 0.1) is 11.1 Å². The van der Waals surface area contributed by atoms with Crippen LogP contribution in [0, 0.1) is 18.2 Å². The van der Waals surface area contributed by atoms with Gasteiger partial charge >= 0.3 is 0 Å². The number of amides is 1. The maximum absolute atomic E-state index is 14.2. The van der Waals surface area contributed by atoms with Crippen molar-refractivity contribution < 1.29 is 13.9 Å². The quantitative estimate of drug-likeness (QED) is 0.516. The fourth-order valence-corrected chi connectivity index (χ4v) is 4.47. The maximum atomic E-state index is 14.2. The van der Waals surface area contributed by atoms with Crippen LogP contribution in [0.2, 0.25) is 0 Å². The van der Waals surface area contributed by atoms with Crippen LogP contribution in [-0.4, -0.2) is 55.1 Å². The molecule has 31 heavy (non-hydrogen) atoms. The molecule has 0 saturated carbocycles. The highest BCUT2D eigenvalue weighted by molar-refractivity contribution is 6.10. The molecule has 0 atom stereocenters. The molecule has 1 aromatic carbocycles. The average molecular weight is 428 g/mol. The molecule has 0 aliphatic carbocycles. The van der Waals surface area contributed by atoms with Crippen molar-refractivity contribution in [1.82, 2.24) is 15.6 Å². The van der Waals surface area contributed by atoms with Crippen LogP contribution in [0.4, 0.5) is 10.2 Å². The van der Waals surface area contributed by atoms with Crippen molar-refractivity contribution >= 4 is 28.5 Å². The van der Waals surface area contributed by atoms with Crippen molar-refractivity contribution in [3.8, 4) is 0 Å². The molecule has 166 valence electrons. The summed E-state index contributed by atoms with van der Waals surface area (Å²) in [4.78, 5) is 18.5. The van der Waals surface area contributed by atoms with Crippen LogP contribution >= 0.6 is 0 Å². The number of aryl methyl sites for hydroxylation is 1. The third kappa shape index (κ3) is 4.85. The van der Waals surface area contributed by atoms with E-state index in [2.05, 4.69) is 15.5 Å². The minimum atomic E-state index is -0.300. The summed E-state index contributed by atoms with van der Waals surface area (Å²) in [6.45, 7) is 6.32. The lowest BCUT2D eigenvalue weighted by Crippen LogP contribution is -2.48. The van der Waals surface area contributed by atoms with E-state index >= 15 is 0 Å². The Balaban J connectivity index is 1.58. The molecule has 1 amide bonds. The van der Waals surface area contributed by atoms with Crippen molar-refractivity contribution in [2.45, 2.75) is 51.6 Å². The van der Waals surface area contributed by atoms with Crippen LogP contribution in [0.25, 0.3) is 10.9 Å². The van der Waals surface area contributed by atoms with Crippen molar-refractivity contribution in [3.63, 3.8) is 0 Å². The molecular weight excluding hydrogens is 397 g/mol. The molecule has 3 N–H and O–H groups in total. The van der Waals surface area contributed by atoms with Gasteiger partial charge in [-0.25, -0.2) is 9.37 Å². The topological polar surface area (TPSA) is 90.3 Å². The van der Waals surface area contributed by atoms with Crippen LogP contribution in [0.3, 0.4) is 0 Å². The molecule has 1 aromatic heterocycles. The summed E-state index contributed by atoms with van der Waals surface area (Å²) in [6.07, 6.45) is 4.03. The highest BCUT2D eigenvalue weighted by Gasteiger charge is 2.26. The Morgan fingerprint density at radius 2 is 1.87 bits per heavy atom. The lowest BCUT2D eigenvalue weighted by Gasteiger charge is -2.37. The highest BCUT2D eigenvalue weighted by Crippen LogP contribution is 2.29. The Morgan fingerprint density at radius 1 is 1.19 bits per heavy atom. The number of halogens is 1. The molecule has 8 heteroatoms. The molecule has 0 radical (unpaired) electrons. The largest absolute Gasteiger partial charge is 0.381 e. The van der Waals surface area contributed by atoms with Crippen molar-refractivity contribution in [3.05, 3.63) is 35.1 Å². The van der Waals surface area contributed by atoms with Gasteiger partial charge in [-0.05, 0) is 50.8 Å². The molecule has 2 aromatic rings. The number of hydrogen-bond acceptors (Lipinski definition) is 6. The first-order valence-corrected chi connectivity index (χ1v) is 11.0. The second-order valence-corrected chi connectivity index (χ2v) is 8.47. The van der Waals surface area contributed by atoms with E-state index in [0.29, 0.717) is 34.5 Å². The lowest BCUT2D eigenvalue weighted by molar-refractivity contribution is -0.117. The minimum absolute atomic E-state index is 0.0151. The number of rotatable bonds is 4. The summed E-state index contributed by atoms with van der Waals surface area (Å²) >= 11 is 0. The molecule has 2 saturated heterocycles. The number of ether oxygens (including phenoxy) is 1. The first-order valence-electron chi connectivity index (χ1n) is 11.0. The third-order valence-electron chi connectivity index (χ3n) is 6.21. The second-order valence-electron chi connectivity index (χ2n) is 8.47. The van der Waals surface area contributed by atoms with Crippen LogP contribution < -0.4 is 15.5 Å². The molecule has 0 unspecified atom stereocenters. The summed E-state index contributed by atoms with van der Waals surface area (Å²) in [5.41, 5.74) is 1.65. The minimum Gasteiger partial charge on any atom is -0.381 e. The SMILES string of the molecule is CC(=O)NC(=N)c1cc2ccc(F)c(C)c2nc1N1CCC(NC2CCOCC2)CC1. The normalized spacial score (nSPS) is 18.4. The third-order valence-corrected chi connectivity index (χ3v) is 6.21. The molecule has 2 fully saturated rings. The average Bonchev–Trinajstić information content (AvgIpc) is 2.76. The molecule has 2 aliphatic heterocycles. The first kappa shape index (κ1) is 21.6. The summed E-state index contributed by atoms with van der Waals surface area (Å²) in [5.74, 6) is 0.0477. The Labute approximate surface area is 181 Å². The monoisotopic (exact) mass is 427 g/mol. The van der Waals surface area contributed by atoms with Gasteiger partial charge in [0.25, 0.3) is 0 Å². The number of pyridine rings is 1. The number of fused-ring (bicyclic) bond motifs is 1. The number of nitrogens with one attached hydrogen (secondary N) is 3. The van der Waals surface area contributed by atoms with E-state index in [9.17, 15) is 9.18 Å². The summed E-state index contributed by atoms with van der Waals surface area (Å²) in [6, 6.07) is 5.87. The van der Waals surface area contributed by atoms with Crippen molar-refractivity contribution in [2.75, 3.05) is 31.2 Å². The second kappa shape index (κ2) is 9.28. The van der Waals surface area contributed by atoms with Gasteiger partial charge in [-0.2, -0.15) is 0 Å². The molecule has 0 spiro atoms. The van der Waals surface area contributed by atoms with Crippen LogP contribution in [0.5, 0.6) is 0 Å². The zero-order chi connectivity index (χ0) is 22.0. The van der Waals surface area contributed by atoms with Gasteiger partial charge in [0.15, 0.2) is 0 Å². The molecule has 0 bridgehead atoms. The van der Waals surface area contributed by atoms with E-state index in [-0.39, 0.29) is 17.6 Å². The Morgan fingerprint density at radius 3 is 2.55 bits per heavy atom. The Kier molecular flexibility index (Phi) is 6.48. The Hall–Kier alpha value is -2.58. The first-order chi connectivity index (χ1) is 14.9. The number of piperidine rings is 1. The summed E-state index contributed by atoms with van der Waals surface area (Å²) in [7, 11) is 0. The number of anilines is 1. The van der Waals surface area contributed by atoms with Crippen LogP contribution in [0.1, 0.15) is 43.7 Å². The van der Waals surface area contributed by atoms with Gasteiger partial charge < -0.3 is 20.3 Å². The van der Waals surface area contributed by atoms with E-state index in [0.717, 1.165) is 57.4 Å². The summed E-state index contributed by atoms with van der Waals surface area (Å²) in [5, 5.41) is 15.5. The number of carbonyl (C=O) groups is 1. The number of amidine groups is 1. The van der Waals surface area contributed by atoms with Crippen LogP contribution in [-0.2, 0) is 9.53 Å². The number of benzene rings is 1. The van der Waals surface area contributed by atoms with Crippen molar-refractivity contribution in [2.24, 2.45) is 0 Å². The van der Waals surface area contributed by atoms with E-state index in [1.807, 2.05) is 6.07 Å². The summed E-state index contributed by atoms with van der Waals surface area (Å²) < 4.78 is 19.6. The predicted molar refractivity (Wildman–Crippen MR) is 119 cm³/mol.